The molecule has 4 nitrogen and oxygen atoms in total. The number of nitrogens with one attached hydrogen (secondary N) is 1. The molecule has 0 amide bonds. The fraction of sp³-hybridized carbons (Fsp3) is 0.571. The van der Waals surface area contributed by atoms with Gasteiger partial charge >= 0.3 is 0 Å². The quantitative estimate of drug-likeness (QED) is 0.826. The van der Waals surface area contributed by atoms with Crippen LogP contribution in [-0.2, 0) is 12.8 Å². The second-order valence-corrected chi connectivity index (χ2v) is 6.66. The van der Waals surface area contributed by atoms with Gasteiger partial charge in [0, 0.05) is 16.8 Å². The minimum Gasteiger partial charge on any atom is -0.425 e. The van der Waals surface area contributed by atoms with Crippen molar-refractivity contribution in [2.45, 2.75) is 45.6 Å². The van der Waals surface area contributed by atoms with E-state index in [9.17, 15) is 0 Å². The average molecular weight is 279 g/mol. The molecule has 2 heterocycles. The van der Waals surface area contributed by atoms with Crippen molar-refractivity contribution in [2.24, 2.45) is 0 Å². The predicted octanol–water partition coefficient (Wildman–Crippen LogP) is 3.04. The fourth-order valence-electron chi connectivity index (χ4n) is 1.73. The smallest absolute Gasteiger partial charge is 0.221 e. The van der Waals surface area contributed by atoms with E-state index in [1.54, 1.807) is 11.3 Å². The van der Waals surface area contributed by atoms with Gasteiger partial charge in [-0.25, -0.2) is 0 Å². The van der Waals surface area contributed by atoms with E-state index in [1.807, 2.05) is 6.07 Å². The van der Waals surface area contributed by atoms with Crippen LogP contribution in [0.5, 0.6) is 0 Å². The molecule has 0 aliphatic carbocycles. The van der Waals surface area contributed by atoms with Gasteiger partial charge in [-0.3, -0.25) is 0 Å². The lowest BCUT2D eigenvalue weighted by Crippen LogP contribution is -2.36. The van der Waals surface area contributed by atoms with Crippen molar-refractivity contribution in [3.63, 3.8) is 0 Å². The minimum atomic E-state index is 0.166. The third-order valence-corrected chi connectivity index (χ3v) is 3.51. The van der Waals surface area contributed by atoms with E-state index >= 15 is 0 Å². The Bertz CT molecular complexity index is 485. The van der Waals surface area contributed by atoms with Crippen LogP contribution < -0.4 is 5.32 Å². The molecular formula is C14H21N3OS. The number of aryl methyl sites for hydroxylation is 1. The summed E-state index contributed by atoms with van der Waals surface area (Å²) < 4.78 is 5.65. The highest BCUT2D eigenvalue weighted by Gasteiger charge is 2.10. The molecule has 0 saturated carbocycles. The fourth-order valence-corrected chi connectivity index (χ4v) is 2.42. The molecule has 0 aromatic carbocycles. The van der Waals surface area contributed by atoms with Crippen LogP contribution in [0.4, 0.5) is 0 Å². The van der Waals surface area contributed by atoms with Crippen molar-refractivity contribution in [2.75, 3.05) is 6.54 Å². The summed E-state index contributed by atoms with van der Waals surface area (Å²) >= 11 is 1.71. The molecule has 0 bridgehead atoms. The summed E-state index contributed by atoms with van der Waals surface area (Å²) in [5.74, 6) is 1.45. The van der Waals surface area contributed by atoms with Gasteiger partial charge in [0.15, 0.2) is 0 Å². The van der Waals surface area contributed by atoms with Crippen molar-refractivity contribution in [1.29, 1.82) is 0 Å². The monoisotopic (exact) mass is 279 g/mol. The van der Waals surface area contributed by atoms with Crippen LogP contribution in [0.15, 0.2) is 21.9 Å². The van der Waals surface area contributed by atoms with Crippen LogP contribution in [0.25, 0.3) is 0 Å². The highest BCUT2D eigenvalue weighted by molar-refractivity contribution is 7.09. The molecule has 0 unspecified atom stereocenters. The molecule has 19 heavy (non-hydrogen) atoms. The third-order valence-electron chi connectivity index (χ3n) is 2.64. The Labute approximate surface area is 118 Å². The van der Waals surface area contributed by atoms with Crippen LogP contribution in [0.1, 0.15) is 43.9 Å². The van der Waals surface area contributed by atoms with Crippen LogP contribution in [0.2, 0.25) is 0 Å². The highest BCUT2D eigenvalue weighted by Crippen LogP contribution is 2.14. The minimum absolute atomic E-state index is 0.166. The molecule has 0 aliphatic heterocycles. The lowest BCUT2D eigenvalue weighted by atomic mass is 10.1. The van der Waals surface area contributed by atoms with Gasteiger partial charge in [0.25, 0.3) is 0 Å². The van der Waals surface area contributed by atoms with Gasteiger partial charge in [-0.05, 0) is 45.2 Å². The van der Waals surface area contributed by atoms with Gasteiger partial charge in [0.05, 0.1) is 6.42 Å². The molecule has 0 saturated heterocycles. The Morgan fingerprint density at radius 3 is 2.74 bits per heavy atom. The zero-order valence-electron chi connectivity index (χ0n) is 11.8. The van der Waals surface area contributed by atoms with Crippen molar-refractivity contribution in [3.05, 3.63) is 34.2 Å². The summed E-state index contributed by atoms with van der Waals surface area (Å²) in [6.07, 6.45) is 2.59. The molecule has 2 aromatic heterocycles. The van der Waals surface area contributed by atoms with Crippen molar-refractivity contribution < 1.29 is 4.42 Å². The van der Waals surface area contributed by atoms with Crippen LogP contribution >= 0.6 is 11.3 Å². The standard InChI is InChI=1S/C14H21N3OS/c1-14(2,3)15-8-4-7-12-16-17-13(18-12)10-11-6-5-9-19-11/h5-6,9,15H,4,7-8,10H2,1-3H3. The maximum absolute atomic E-state index is 5.65. The molecular weight excluding hydrogens is 258 g/mol. The molecule has 0 spiro atoms. The van der Waals surface area contributed by atoms with Gasteiger partial charge in [0.1, 0.15) is 0 Å². The molecule has 0 radical (unpaired) electrons. The van der Waals surface area contributed by atoms with Crippen LogP contribution in [0.3, 0.4) is 0 Å². The average Bonchev–Trinajstić information content (AvgIpc) is 2.96. The van der Waals surface area contributed by atoms with Gasteiger partial charge in [0.2, 0.25) is 11.8 Å². The Morgan fingerprint density at radius 1 is 1.26 bits per heavy atom. The van der Waals surface area contributed by atoms with E-state index in [4.69, 9.17) is 4.42 Å². The van der Waals surface area contributed by atoms with E-state index in [2.05, 4.69) is 47.7 Å². The lowest BCUT2D eigenvalue weighted by molar-refractivity contribution is 0.407. The van der Waals surface area contributed by atoms with E-state index < -0.39 is 0 Å². The van der Waals surface area contributed by atoms with Crippen molar-refractivity contribution in [1.82, 2.24) is 15.5 Å². The second kappa shape index (κ2) is 6.30. The van der Waals surface area contributed by atoms with Gasteiger partial charge in [-0.1, -0.05) is 6.07 Å². The Kier molecular flexibility index (Phi) is 4.71. The van der Waals surface area contributed by atoms with E-state index in [0.717, 1.165) is 31.7 Å². The maximum Gasteiger partial charge on any atom is 0.221 e. The number of hydrogen-bond acceptors (Lipinski definition) is 5. The summed E-state index contributed by atoms with van der Waals surface area (Å²) in [6.45, 7) is 7.46. The van der Waals surface area contributed by atoms with Crippen molar-refractivity contribution in [3.8, 4) is 0 Å². The molecule has 2 aromatic rings. The number of thiophene rings is 1. The third kappa shape index (κ3) is 5.12. The van der Waals surface area contributed by atoms with Gasteiger partial charge in [-0.2, -0.15) is 0 Å². The van der Waals surface area contributed by atoms with Crippen LogP contribution in [-0.4, -0.2) is 22.3 Å². The highest BCUT2D eigenvalue weighted by atomic mass is 32.1. The second-order valence-electron chi connectivity index (χ2n) is 5.63. The summed E-state index contributed by atoms with van der Waals surface area (Å²) in [5.41, 5.74) is 0.166. The Balaban J connectivity index is 1.75. The van der Waals surface area contributed by atoms with E-state index in [-0.39, 0.29) is 5.54 Å². The SMILES string of the molecule is CC(C)(C)NCCCc1nnc(Cc2cccs2)o1. The first-order chi connectivity index (χ1) is 9.03. The van der Waals surface area contributed by atoms with E-state index in [1.165, 1.54) is 4.88 Å². The topological polar surface area (TPSA) is 51.0 Å². The molecule has 1 N–H and O–H groups in total. The zero-order valence-corrected chi connectivity index (χ0v) is 12.6. The molecule has 0 fully saturated rings. The molecule has 2 rings (SSSR count). The Hall–Kier alpha value is -1.20. The summed E-state index contributed by atoms with van der Waals surface area (Å²) in [7, 11) is 0. The van der Waals surface area contributed by atoms with E-state index in [0.29, 0.717) is 5.89 Å². The molecule has 104 valence electrons. The molecule has 5 heteroatoms. The lowest BCUT2D eigenvalue weighted by Gasteiger charge is -2.19. The zero-order chi connectivity index (χ0) is 13.7. The maximum atomic E-state index is 5.65. The largest absolute Gasteiger partial charge is 0.425 e. The first kappa shape index (κ1) is 14.2. The normalized spacial score (nSPS) is 11.9. The summed E-state index contributed by atoms with van der Waals surface area (Å²) in [6, 6.07) is 4.12. The number of rotatable bonds is 6. The predicted molar refractivity (Wildman–Crippen MR) is 77.5 cm³/mol. The van der Waals surface area contributed by atoms with Crippen LogP contribution in [0, 0.1) is 0 Å². The first-order valence-electron chi connectivity index (χ1n) is 6.61. The number of aromatic nitrogens is 2. The molecule has 0 atom stereocenters. The Morgan fingerprint density at radius 2 is 2.05 bits per heavy atom. The molecule has 0 aliphatic rings. The summed E-state index contributed by atoms with van der Waals surface area (Å²) in [5, 5.41) is 13.7. The summed E-state index contributed by atoms with van der Waals surface area (Å²) in [4.78, 5) is 1.25. The number of nitrogens with zero attached hydrogens (tertiary/aromatic N) is 2. The van der Waals surface area contributed by atoms with Gasteiger partial charge < -0.3 is 9.73 Å². The van der Waals surface area contributed by atoms with Crippen molar-refractivity contribution >= 4 is 11.3 Å². The van der Waals surface area contributed by atoms with Gasteiger partial charge in [-0.15, -0.1) is 21.5 Å². The number of hydrogen-bond donors (Lipinski definition) is 1. The first-order valence-corrected chi connectivity index (χ1v) is 7.49.